The third kappa shape index (κ3) is 2.40. The fourth-order valence-electron chi connectivity index (χ4n) is 3.49. The molecular formula is C13H25NO2. The van der Waals surface area contributed by atoms with Gasteiger partial charge < -0.3 is 10.8 Å². The number of aliphatic carboxylic acids is 1. The molecule has 2 atom stereocenters. The van der Waals surface area contributed by atoms with E-state index in [-0.39, 0.29) is 11.8 Å². The first-order valence-electron chi connectivity index (χ1n) is 6.34. The first kappa shape index (κ1) is 13.5. The van der Waals surface area contributed by atoms with Crippen LogP contribution in [0.25, 0.3) is 0 Å². The Morgan fingerprint density at radius 1 is 1.50 bits per heavy atom. The van der Waals surface area contributed by atoms with Gasteiger partial charge in [0.2, 0.25) is 0 Å². The van der Waals surface area contributed by atoms with Gasteiger partial charge in [0.05, 0.1) is 6.42 Å². The van der Waals surface area contributed by atoms with Crippen molar-refractivity contribution in [3.63, 3.8) is 0 Å². The third-order valence-corrected chi connectivity index (χ3v) is 4.45. The normalized spacial score (nSPS) is 31.4. The molecule has 1 rings (SSSR count). The SMILES string of the molecule is CCC1CCCCC1(CC(=O)O)C(C)(C)N. The molecule has 1 aliphatic rings. The summed E-state index contributed by atoms with van der Waals surface area (Å²) in [4.78, 5) is 11.1. The molecule has 94 valence electrons. The summed E-state index contributed by atoms with van der Waals surface area (Å²) in [7, 11) is 0. The molecular weight excluding hydrogens is 202 g/mol. The Kier molecular flexibility index (Phi) is 4.00. The van der Waals surface area contributed by atoms with E-state index in [1.165, 1.54) is 6.42 Å². The highest BCUT2D eigenvalue weighted by molar-refractivity contribution is 5.68. The molecule has 0 saturated heterocycles. The maximum absolute atomic E-state index is 11.1. The van der Waals surface area contributed by atoms with Gasteiger partial charge in [-0.25, -0.2) is 0 Å². The van der Waals surface area contributed by atoms with Gasteiger partial charge in [0.25, 0.3) is 0 Å². The third-order valence-electron chi connectivity index (χ3n) is 4.45. The Morgan fingerprint density at radius 3 is 2.56 bits per heavy atom. The summed E-state index contributed by atoms with van der Waals surface area (Å²) in [6, 6.07) is 0. The van der Waals surface area contributed by atoms with Crippen LogP contribution in [0.3, 0.4) is 0 Å². The molecule has 3 heteroatoms. The number of carboxylic acids is 1. The molecule has 0 heterocycles. The molecule has 3 nitrogen and oxygen atoms in total. The van der Waals surface area contributed by atoms with Gasteiger partial charge in [0.1, 0.15) is 0 Å². The molecule has 2 unspecified atom stereocenters. The zero-order chi connectivity index (χ0) is 12.4. The van der Waals surface area contributed by atoms with Crippen molar-refractivity contribution < 1.29 is 9.90 Å². The van der Waals surface area contributed by atoms with Crippen molar-refractivity contribution in [1.29, 1.82) is 0 Å². The molecule has 0 amide bonds. The van der Waals surface area contributed by atoms with E-state index in [4.69, 9.17) is 10.8 Å². The first-order chi connectivity index (χ1) is 7.33. The van der Waals surface area contributed by atoms with Crippen molar-refractivity contribution in [2.24, 2.45) is 17.1 Å². The van der Waals surface area contributed by atoms with Gasteiger partial charge in [0.15, 0.2) is 0 Å². The summed E-state index contributed by atoms with van der Waals surface area (Å²) < 4.78 is 0. The summed E-state index contributed by atoms with van der Waals surface area (Å²) in [5.74, 6) is -0.253. The molecule has 16 heavy (non-hydrogen) atoms. The van der Waals surface area contributed by atoms with Gasteiger partial charge in [-0.15, -0.1) is 0 Å². The van der Waals surface area contributed by atoms with Crippen molar-refractivity contribution in [1.82, 2.24) is 0 Å². The molecule has 1 aliphatic carbocycles. The van der Waals surface area contributed by atoms with Crippen LogP contribution < -0.4 is 5.73 Å². The topological polar surface area (TPSA) is 63.3 Å². The lowest BCUT2D eigenvalue weighted by atomic mass is 9.55. The van der Waals surface area contributed by atoms with Crippen LogP contribution in [0.5, 0.6) is 0 Å². The Balaban J connectivity index is 3.04. The fraction of sp³-hybridized carbons (Fsp3) is 0.923. The number of carbonyl (C=O) groups is 1. The van der Waals surface area contributed by atoms with Crippen molar-refractivity contribution in [3.05, 3.63) is 0 Å². The second-order valence-corrected chi connectivity index (χ2v) is 5.80. The van der Waals surface area contributed by atoms with Crippen LogP contribution in [0.1, 0.15) is 59.3 Å². The zero-order valence-corrected chi connectivity index (χ0v) is 10.8. The number of carboxylic acid groups (broad SMARTS) is 1. The standard InChI is InChI=1S/C13H25NO2/c1-4-10-7-5-6-8-13(10,9-11(15)16)12(2,3)14/h10H,4-9,14H2,1-3H3,(H,15,16). The smallest absolute Gasteiger partial charge is 0.303 e. The van der Waals surface area contributed by atoms with Crippen molar-refractivity contribution in [2.75, 3.05) is 0 Å². The average Bonchev–Trinajstić information content (AvgIpc) is 2.15. The van der Waals surface area contributed by atoms with Gasteiger partial charge in [0, 0.05) is 11.0 Å². The summed E-state index contributed by atoms with van der Waals surface area (Å²) in [5, 5.41) is 9.15. The number of hydrogen-bond acceptors (Lipinski definition) is 2. The van der Waals surface area contributed by atoms with Crippen LogP contribution in [-0.4, -0.2) is 16.6 Å². The molecule has 0 aromatic carbocycles. The van der Waals surface area contributed by atoms with Gasteiger partial charge in [-0.2, -0.15) is 0 Å². The summed E-state index contributed by atoms with van der Waals surface area (Å²) >= 11 is 0. The zero-order valence-electron chi connectivity index (χ0n) is 10.8. The molecule has 0 bridgehead atoms. The minimum atomic E-state index is -0.709. The molecule has 3 N–H and O–H groups in total. The largest absolute Gasteiger partial charge is 0.481 e. The number of hydrogen-bond donors (Lipinski definition) is 2. The average molecular weight is 227 g/mol. The second kappa shape index (κ2) is 4.74. The molecule has 1 fully saturated rings. The van der Waals surface area contributed by atoms with Crippen LogP contribution in [0.4, 0.5) is 0 Å². The maximum Gasteiger partial charge on any atom is 0.303 e. The van der Waals surface area contributed by atoms with E-state index in [2.05, 4.69) is 6.92 Å². The number of rotatable bonds is 4. The van der Waals surface area contributed by atoms with Crippen LogP contribution in [0.2, 0.25) is 0 Å². The lowest BCUT2D eigenvalue weighted by Gasteiger charge is -2.52. The van der Waals surface area contributed by atoms with E-state index < -0.39 is 11.5 Å². The molecule has 0 spiro atoms. The summed E-state index contributed by atoms with van der Waals surface area (Å²) in [6.45, 7) is 6.13. The number of nitrogens with two attached hydrogens (primary N) is 1. The quantitative estimate of drug-likeness (QED) is 0.776. The second-order valence-electron chi connectivity index (χ2n) is 5.80. The van der Waals surface area contributed by atoms with E-state index >= 15 is 0 Å². The predicted molar refractivity (Wildman–Crippen MR) is 65.2 cm³/mol. The van der Waals surface area contributed by atoms with Crippen LogP contribution >= 0.6 is 0 Å². The van der Waals surface area contributed by atoms with Crippen LogP contribution in [0.15, 0.2) is 0 Å². The Hall–Kier alpha value is -0.570. The summed E-state index contributed by atoms with van der Waals surface area (Å²) in [6.07, 6.45) is 5.68. The minimum Gasteiger partial charge on any atom is -0.481 e. The fourth-order valence-corrected chi connectivity index (χ4v) is 3.49. The summed E-state index contributed by atoms with van der Waals surface area (Å²) in [5.41, 5.74) is 5.67. The van der Waals surface area contributed by atoms with Crippen molar-refractivity contribution in [2.45, 2.75) is 64.8 Å². The molecule has 0 radical (unpaired) electrons. The van der Waals surface area contributed by atoms with E-state index in [9.17, 15) is 4.79 Å². The Morgan fingerprint density at radius 2 is 2.12 bits per heavy atom. The van der Waals surface area contributed by atoms with Gasteiger partial charge >= 0.3 is 5.97 Å². The molecule has 0 aromatic heterocycles. The van der Waals surface area contributed by atoms with E-state index in [0.29, 0.717) is 5.92 Å². The van der Waals surface area contributed by atoms with Crippen molar-refractivity contribution in [3.8, 4) is 0 Å². The Labute approximate surface area is 98.4 Å². The lowest BCUT2D eigenvalue weighted by Crippen LogP contribution is -2.56. The highest BCUT2D eigenvalue weighted by atomic mass is 16.4. The van der Waals surface area contributed by atoms with Gasteiger partial charge in [-0.1, -0.05) is 26.2 Å². The lowest BCUT2D eigenvalue weighted by molar-refractivity contribution is -0.144. The van der Waals surface area contributed by atoms with E-state index in [1.54, 1.807) is 0 Å². The van der Waals surface area contributed by atoms with Crippen molar-refractivity contribution >= 4 is 5.97 Å². The Bertz CT molecular complexity index is 257. The minimum absolute atomic E-state index is 0.216. The molecule has 0 aromatic rings. The molecule has 1 saturated carbocycles. The molecule has 0 aliphatic heterocycles. The monoisotopic (exact) mass is 227 g/mol. The van der Waals surface area contributed by atoms with Gasteiger partial charge in [-0.05, 0) is 32.6 Å². The predicted octanol–water partition coefficient (Wildman–Crippen LogP) is 2.79. The van der Waals surface area contributed by atoms with Crippen LogP contribution in [0, 0.1) is 11.3 Å². The first-order valence-corrected chi connectivity index (χ1v) is 6.34. The van der Waals surface area contributed by atoms with Crippen LogP contribution in [-0.2, 0) is 4.79 Å². The highest BCUT2D eigenvalue weighted by Crippen LogP contribution is 2.51. The van der Waals surface area contributed by atoms with Gasteiger partial charge in [-0.3, -0.25) is 4.79 Å². The van der Waals surface area contributed by atoms with E-state index in [0.717, 1.165) is 25.7 Å². The van der Waals surface area contributed by atoms with E-state index in [1.807, 2.05) is 13.8 Å². The maximum atomic E-state index is 11.1. The highest BCUT2D eigenvalue weighted by Gasteiger charge is 2.49.